The fourth-order valence-electron chi connectivity index (χ4n) is 3.28. The molecule has 0 unspecified atom stereocenters. The van der Waals surface area contributed by atoms with Gasteiger partial charge >= 0.3 is 0 Å². The number of halogens is 2. The summed E-state index contributed by atoms with van der Waals surface area (Å²) in [4.78, 5) is 20.2. The van der Waals surface area contributed by atoms with Crippen LogP contribution in [0.5, 0.6) is 0 Å². The lowest BCUT2D eigenvalue weighted by Crippen LogP contribution is -2.55. The van der Waals surface area contributed by atoms with Crippen LogP contribution in [0.15, 0.2) is 36.5 Å². The van der Waals surface area contributed by atoms with E-state index in [1.54, 1.807) is 29.3 Å². The first-order chi connectivity index (χ1) is 13.6. The number of thiophene rings is 1. The molecule has 0 radical (unpaired) electrons. The minimum atomic E-state index is -0.383. The summed E-state index contributed by atoms with van der Waals surface area (Å²) < 4.78 is 15.2. The maximum absolute atomic E-state index is 14.4. The second-order valence-electron chi connectivity index (χ2n) is 6.45. The fourth-order valence-corrected chi connectivity index (χ4v) is 4.78. The molecule has 1 aliphatic rings. The minimum absolute atomic E-state index is 0.117. The number of piperazine rings is 1. The van der Waals surface area contributed by atoms with Crippen molar-refractivity contribution >= 4 is 60.7 Å². The number of nitrogens with one attached hydrogen (secondary N) is 2. The van der Waals surface area contributed by atoms with Gasteiger partial charge in [-0.1, -0.05) is 11.3 Å². The van der Waals surface area contributed by atoms with Crippen LogP contribution in [0.4, 0.5) is 15.1 Å². The molecule has 3 heterocycles. The maximum Gasteiger partial charge on any atom is 0.257 e. The van der Waals surface area contributed by atoms with Gasteiger partial charge in [-0.15, -0.1) is 0 Å². The van der Waals surface area contributed by atoms with Gasteiger partial charge in [-0.25, -0.2) is 9.37 Å². The number of fused-ring (bicyclic) bond motifs is 1. The Hall–Kier alpha value is -1.82. The summed E-state index contributed by atoms with van der Waals surface area (Å²) in [7, 11) is 0. The number of aliphatic hydroxyl groups excluding tert-OH is 1. The van der Waals surface area contributed by atoms with Crippen molar-refractivity contribution in [2.45, 2.75) is 6.04 Å². The highest BCUT2D eigenvalue weighted by Gasteiger charge is 2.31. The summed E-state index contributed by atoms with van der Waals surface area (Å²) in [6.07, 6.45) is 1.67. The summed E-state index contributed by atoms with van der Waals surface area (Å²) >= 11 is 3.37. The van der Waals surface area contributed by atoms with Crippen molar-refractivity contribution in [3.05, 3.63) is 51.5 Å². The van der Waals surface area contributed by atoms with Crippen molar-refractivity contribution in [1.29, 1.82) is 0 Å². The van der Waals surface area contributed by atoms with Gasteiger partial charge in [0.2, 0.25) is 0 Å². The number of amides is 1. The first-order valence-electron chi connectivity index (χ1n) is 8.80. The number of hydrogen-bond acceptors (Lipinski definition) is 6. The molecule has 9 heteroatoms. The molecule has 1 aromatic carbocycles. The highest BCUT2D eigenvalue weighted by atomic mass is 127. The van der Waals surface area contributed by atoms with Gasteiger partial charge in [0, 0.05) is 34.8 Å². The van der Waals surface area contributed by atoms with Gasteiger partial charge in [-0.2, -0.15) is 0 Å². The molecule has 6 nitrogen and oxygen atoms in total. The zero-order valence-corrected chi connectivity index (χ0v) is 17.8. The Morgan fingerprint density at radius 1 is 1.46 bits per heavy atom. The molecule has 4 rings (SSSR count). The molecule has 1 fully saturated rings. The number of hydrogen-bond donors (Lipinski definition) is 3. The highest BCUT2D eigenvalue weighted by molar-refractivity contribution is 14.1. The second kappa shape index (κ2) is 8.27. The zero-order chi connectivity index (χ0) is 19.7. The molecule has 0 bridgehead atoms. The summed E-state index contributed by atoms with van der Waals surface area (Å²) in [5, 5.41) is 17.2. The molecule has 1 saturated heterocycles. The molecular formula is C19H18FIN4O2S. The lowest BCUT2D eigenvalue weighted by Gasteiger charge is -2.35. The Morgan fingerprint density at radius 3 is 3.11 bits per heavy atom. The Morgan fingerprint density at radius 2 is 2.32 bits per heavy atom. The van der Waals surface area contributed by atoms with E-state index < -0.39 is 0 Å². The van der Waals surface area contributed by atoms with Crippen molar-refractivity contribution in [2.75, 3.05) is 31.6 Å². The number of carbonyl (C=O) groups is 1. The number of carbonyl (C=O) groups excluding carboxylic acids is 1. The van der Waals surface area contributed by atoms with E-state index in [-0.39, 0.29) is 24.4 Å². The normalized spacial score (nSPS) is 17.1. The van der Waals surface area contributed by atoms with E-state index in [0.29, 0.717) is 40.7 Å². The molecular weight excluding hydrogens is 494 g/mol. The summed E-state index contributed by atoms with van der Waals surface area (Å²) in [5.41, 5.74) is 0.770. The third-order valence-corrected chi connectivity index (χ3v) is 6.38. The van der Waals surface area contributed by atoms with Crippen LogP contribution in [-0.4, -0.2) is 53.2 Å². The number of benzene rings is 1. The summed E-state index contributed by atoms with van der Waals surface area (Å²) in [5.74, 6) is -0.570. The third-order valence-electron chi connectivity index (χ3n) is 4.68. The van der Waals surface area contributed by atoms with Gasteiger partial charge in [0.15, 0.2) is 0 Å². The first-order valence-corrected chi connectivity index (χ1v) is 10.7. The predicted molar refractivity (Wildman–Crippen MR) is 117 cm³/mol. The van der Waals surface area contributed by atoms with Crippen LogP contribution in [0.3, 0.4) is 0 Å². The van der Waals surface area contributed by atoms with Crippen LogP contribution in [0.25, 0.3) is 10.2 Å². The van der Waals surface area contributed by atoms with E-state index in [4.69, 9.17) is 0 Å². The smallest absolute Gasteiger partial charge is 0.257 e. The summed E-state index contributed by atoms with van der Waals surface area (Å²) in [6, 6.07) is 8.23. The molecule has 3 N–H and O–H groups in total. The molecule has 2 aromatic heterocycles. The van der Waals surface area contributed by atoms with Crippen molar-refractivity contribution in [3.8, 4) is 0 Å². The van der Waals surface area contributed by atoms with E-state index in [2.05, 4.69) is 38.2 Å². The Bertz CT molecular complexity index is 1030. The third kappa shape index (κ3) is 3.71. The second-order valence-corrected chi connectivity index (χ2v) is 8.70. The quantitative estimate of drug-likeness (QED) is 0.469. The van der Waals surface area contributed by atoms with Crippen molar-refractivity contribution in [1.82, 2.24) is 15.2 Å². The molecule has 1 amide bonds. The van der Waals surface area contributed by atoms with Crippen LogP contribution in [0, 0.1) is 9.39 Å². The number of pyridine rings is 1. The molecule has 3 aromatic rings. The van der Waals surface area contributed by atoms with Crippen LogP contribution >= 0.6 is 33.9 Å². The summed E-state index contributed by atoms with van der Waals surface area (Å²) in [6.45, 7) is 1.58. The molecule has 28 heavy (non-hydrogen) atoms. The van der Waals surface area contributed by atoms with E-state index in [1.807, 2.05) is 6.07 Å². The Balaban J connectivity index is 1.78. The topological polar surface area (TPSA) is 77.5 Å². The van der Waals surface area contributed by atoms with Gasteiger partial charge < -0.3 is 20.6 Å². The molecule has 0 spiro atoms. The number of aromatic nitrogens is 1. The van der Waals surface area contributed by atoms with Crippen LogP contribution < -0.4 is 10.6 Å². The van der Waals surface area contributed by atoms with Gasteiger partial charge in [0.05, 0.1) is 23.9 Å². The number of nitrogens with zero attached hydrogens (tertiary/aromatic N) is 2. The van der Waals surface area contributed by atoms with Gasteiger partial charge in [0.25, 0.3) is 5.91 Å². The average Bonchev–Trinajstić information content (AvgIpc) is 3.07. The Labute approximate surface area is 178 Å². The SMILES string of the molecule is O=C(c1c(Nc2ccc(I)cc2F)sc2ncccc12)N1CCNC[C@@H]1CO. The van der Waals surface area contributed by atoms with Gasteiger partial charge in [-0.3, -0.25) is 4.79 Å². The van der Waals surface area contributed by atoms with E-state index in [1.165, 1.54) is 17.4 Å². The van der Waals surface area contributed by atoms with E-state index in [0.717, 1.165) is 8.96 Å². The monoisotopic (exact) mass is 512 g/mol. The lowest BCUT2D eigenvalue weighted by atomic mass is 10.1. The molecule has 1 atom stereocenters. The highest BCUT2D eigenvalue weighted by Crippen LogP contribution is 2.38. The average molecular weight is 512 g/mol. The maximum atomic E-state index is 14.4. The largest absolute Gasteiger partial charge is 0.394 e. The lowest BCUT2D eigenvalue weighted by molar-refractivity contribution is 0.0539. The van der Waals surface area contributed by atoms with E-state index >= 15 is 0 Å². The Kier molecular flexibility index (Phi) is 5.76. The zero-order valence-electron chi connectivity index (χ0n) is 14.8. The van der Waals surface area contributed by atoms with Crippen LogP contribution in [0.1, 0.15) is 10.4 Å². The van der Waals surface area contributed by atoms with Crippen molar-refractivity contribution < 1.29 is 14.3 Å². The molecule has 0 saturated carbocycles. The van der Waals surface area contributed by atoms with Gasteiger partial charge in [0.1, 0.15) is 15.6 Å². The number of anilines is 2. The van der Waals surface area contributed by atoms with Crippen molar-refractivity contribution in [3.63, 3.8) is 0 Å². The van der Waals surface area contributed by atoms with Crippen molar-refractivity contribution in [2.24, 2.45) is 0 Å². The first kappa shape index (κ1) is 19.5. The molecule has 0 aliphatic carbocycles. The van der Waals surface area contributed by atoms with Gasteiger partial charge in [-0.05, 0) is 52.9 Å². The number of aliphatic hydroxyl groups is 1. The number of rotatable bonds is 4. The van der Waals surface area contributed by atoms with Crippen LogP contribution in [-0.2, 0) is 0 Å². The van der Waals surface area contributed by atoms with Crippen LogP contribution in [0.2, 0.25) is 0 Å². The molecule has 146 valence electrons. The molecule has 1 aliphatic heterocycles. The predicted octanol–water partition coefficient (Wildman–Crippen LogP) is 3.19. The minimum Gasteiger partial charge on any atom is -0.394 e. The van der Waals surface area contributed by atoms with E-state index in [9.17, 15) is 14.3 Å². The standard InChI is InChI=1S/C19H18FIN4O2S/c20-14-8-11(21)3-4-15(14)24-18-16(13-2-1-5-23-17(13)28-18)19(27)25-7-6-22-9-12(25)10-26/h1-5,8,12,22,24,26H,6-7,9-10H2/t12-/m1/s1. The fraction of sp³-hybridized carbons (Fsp3) is 0.263.